The maximum Gasteiger partial charge on any atom is 0.405 e. The van der Waals surface area contributed by atoms with Crippen molar-refractivity contribution in [1.29, 1.82) is 0 Å². The molecule has 0 spiro atoms. The minimum absolute atomic E-state index is 0.0395. The maximum absolute atomic E-state index is 15.2. The van der Waals surface area contributed by atoms with Crippen molar-refractivity contribution >= 4 is 31.1 Å². The summed E-state index contributed by atoms with van der Waals surface area (Å²) in [5.41, 5.74) is 0.672. The quantitative estimate of drug-likeness (QED) is 0.175. The number of fused-ring (bicyclic) bond motifs is 1. The standard InChI is InChI=1S/C29H38F2N4O5Si/c1-41(2,3)14-13-39-18-35-12-10-21-25(9-11-32-27(21)35)40-26-22(30)15-19(16-23(26)31)17-24(34-29(37)38)28(36)33-20-7-5-4-6-8-20/h9-12,15-16,20,24,34H,4-8,13-14,17-18H2,1-3H3,(H,33,36)(H,37,38)/t24-/m1/s1. The first-order valence-corrected chi connectivity index (χ1v) is 17.7. The summed E-state index contributed by atoms with van der Waals surface area (Å²) in [6.45, 7) is 7.76. The van der Waals surface area contributed by atoms with Crippen LogP contribution in [0, 0.1) is 11.6 Å². The number of aromatic nitrogens is 2. The average Bonchev–Trinajstić information content (AvgIpc) is 3.32. The highest BCUT2D eigenvalue weighted by molar-refractivity contribution is 6.76. The Bertz CT molecular complexity index is 1350. The molecule has 1 aliphatic carbocycles. The largest absolute Gasteiger partial charge is 0.465 e. The van der Waals surface area contributed by atoms with Gasteiger partial charge in [0.25, 0.3) is 0 Å². The fourth-order valence-corrected chi connectivity index (χ4v) is 5.64. The Morgan fingerprint density at radius 2 is 1.85 bits per heavy atom. The van der Waals surface area contributed by atoms with E-state index in [-0.39, 0.29) is 23.8 Å². The number of hydrogen-bond donors (Lipinski definition) is 3. The normalized spacial score (nSPS) is 15.0. The van der Waals surface area contributed by atoms with E-state index in [9.17, 15) is 14.7 Å². The Morgan fingerprint density at radius 3 is 2.51 bits per heavy atom. The molecule has 1 aliphatic rings. The molecule has 4 rings (SSSR count). The first kappa shape index (κ1) is 30.4. The number of halogens is 2. The van der Waals surface area contributed by atoms with Crippen LogP contribution in [0.1, 0.15) is 37.7 Å². The third-order valence-corrected chi connectivity index (χ3v) is 8.83. The van der Waals surface area contributed by atoms with Crippen LogP contribution in [-0.4, -0.2) is 53.4 Å². The van der Waals surface area contributed by atoms with Gasteiger partial charge >= 0.3 is 6.09 Å². The van der Waals surface area contributed by atoms with Gasteiger partial charge in [0.1, 0.15) is 24.2 Å². The monoisotopic (exact) mass is 588 g/mol. The van der Waals surface area contributed by atoms with Crippen LogP contribution in [0.4, 0.5) is 13.6 Å². The highest BCUT2D eigenvalue weighted by Crippen LogP contribution is 2.33. The SMILES string of the molecule is C[Si](C)(C)CCOCn1ccc2c(Oc3c(F)cc(C[C@@H](NC(=O)O)C(=O)NC4CCCCC4)cc3F)ccnc21. The molecule has 12 heteroatoms. The van der Waals surface area contributed by atoms with E-state index in [1.165, 1.54) is 12.3 Å². The highest BCUT2D eigenvalue weighted by atomic mass is 28.3. The molecule has 1 fully saturated rings. The van der Waals surface area contributed by atoms with E-state index in [1.54, 1.807) is 16.8 Å². The van der Waals surface area contributed by atoms with Gasteiger partial charge in [-0.15, -0.1) is 0 Å². The summed E-state index contributed by atoms with van der Waals surface area (Å²) in [7, 11) is -1.22. The van der Waals surface area contributed by atoms with Gasteiger partial charge in [-0.25, -0.2) is 18.6 Å². The number of carboxylic acid groups (broad SMARTS) is 1. The van der Waals surface area contributed by atoms with Crippen molar-refractivity contribution in [3.05, 3.63) is 53.9 Å². The van der Waals surface area contributed by atoms with Crippen molar-refractivity contribution in [3.8, 4) is 11.5 Å². The number of hydrogen-bond acceptors (Lipinski definition) is 5. The van der Waals surface area contributed by atoms with Crippen molar-refractivity contribution < 1.29 is 33.0 Å². The van der Waals surface area contributed by atoms with E-state index in [0.29, 0.717) is 24.4 Å². The van der Waals surface area contributed by atoms with Gasteiger partial charge in [-0.3, -0.25) is 4.79 Å². The van der Waals surface area contributed by atoms with Crippen molar-refractivity contribution in [3.63, 3.8) is 0 Å². The molecular formula is C29H38F2N4O5Si. The summed E-state index contributed by atoms with van der Waals surface area (Å²) in [5, 5.41) is 14.8. The van der Waals surface area contributed by atoms with E-state index in [0.717, 1.165) is 50.3 Å². The van der Waals surface area contributed by atoms with Crippen molar-refractivity contribution in [2.24, 2.45) is 0 Å². The minimum atomic E-state index is -1.40. The van der Waals surface area contributed by atoms with Gasteiger partial charge in [0.05, 0.1) is 5.39 Å². The molecule has 2 aromatic heterocycles. The molecule has 0 unspecified atom stereocenters. The fourth-order valence-electron chi connectivity index (χ4n) is 4.88. The Hall–Kier alpha value is -3.51. The molecule has 2 heterocycles. The molecule has 1 aromatic carbocycles. The van der Waals surface area contributed by atoms with Crippen LogP contribution >= 0.6 is 0 Å². The van der Waals surface area contributed by atoms with Crippen LogP contribution in [0.2, 0.25) is 25.7 Å². The second kappa shape index (κ2) is 13.4. The molecule has 3 N–H and O–H groups in total. The van der Waals surface area contributed by atoms with Crippen LogP contribution in [-0.2, 0) is 22.7 Å². The van der Waals surface area contributed by atoms with Gasteiger partial charge in [0, 0.05) is 39.5 Å². The molecular weight excluding hydrogens is 550 g/mol. The van der Waals surface area contributed by atoms with E-state index in [2.05, 4.69) is 35.3 Å². The zero-order chi connectivity index (χ0) is 29.6. The van der Waals surface area contributed by atoms with Crippen LogP contribution in [0.25, 0.3) is 11.0 Å². The Kier molecular flexibility index (Phi) is 9.97. The molecule has 41 heavy (non-hydrogen) atoms. The van der Waals surface area contributed by atoms with E-state index < -0.39 is 43.5 Å². The van der Waals surface area contributed by atoms with Gasteiger partial charge in [-0.2, -0.15) is 0 Å². The lowest BCUT2D eigenvalue weighted by Gasteiger charge is -2.25. The molecule has 1 saturated carbocycles. The molecule has 0 radical (unpaired) electrons. The van der Waals surface area contributed by atoms with E-state index in [1.807, 2.05) is 0 Å². The lowest BCUT2D eigenvalue weighted by atomic mass is 9.95. The number of carbonyl (C=O) groups is 2. The van der Waals surface area contributed by atoms with Gasteiger partial charge in [0.15, 0.2) is 17.4 Å². The molecule has 9 nitrogen and oxygen atoms in total. The summed E-state index contributed by atoms with van der Waals surface area (Å²) in [5.74, 6) is -2.84. The van der Waals surface area contributed by atoms with Gasteiger partial charge < -0.3 is 29.8 Å². The summed E-state index contributed by atoms with van der Waals surface area (Å²) in [6, 6.07) is 5.17. The van der Waals surface area contributed by atoms with Crippen molar-refractivity contribution in [1.82, 2.24) is 20.2 Å². The van der Waals surface area contributed by atoms with Gasteiger partial charge in [0.2, 0.25) is 5.91 Å². The van der Waals surface area contributed by atoms with Crippen LogP contribution in [0.15, 0.2) is 36.7 Å². The highest BCUT2D eigenvalue weighted by Gasteiger charge is 2.26. The predicted octanol–water partition coefficient (Wildman–Crippen LogP) is 6.05. The molecule has 3 aromatic rings. The number of pyridine rings is 1. The average molecular weight is 589 g/mol. The molecule has 0 aliphatic heterocycles. The van der Waals surface area contributed by atoms with Gasteiger partial charge in [-0.05, 0) is 48.7 Å². The summed E-state index contributed by atoms with van der Waals surface area (Å²) < 4.78 is 43.6. The van der Waals surface area contributed by atoms with Crippen LogP contribution in [0.3, 0.4) is 0 Å². The number of nitrogens with one attached hydrogen (secondary N) is 2. The lowest BCUT2D eigenvalue weighted by Crippen LogP contribution is -2.50. The third kappa shape index (κ3) is 8.49. The number of amides is 2. The number of benzene rings is 1. The first-order valence-electron chi connectivity index (χ1n) is 14.0. The van der Waals surface area contributed by atoms with Gasteiger partial charge in [-0.1, -0.05) is 38.9 Å². The lowest BCUT2D eigenvalue weighted by molar-refractivity contribution is -0.123. The number of rotatable bonds is 12. The zero-order valence-corrected chi connectivity index (χ0v) is 24.7. The Labute approximate surface area is 239 Å². The fraction of sp³-hybridized carbons (Fsp3) is 0.483. The number of ether oxygens (including phenoxy) is 2. The Balaban J connectivity index is 1.47. The summed E-state index contributed by atoms with van der Waals surface area (Å²) in [6.07, 6.45) is 6.36. The third-order valence-electron chi connectivity index (χ3n) is 7.12. The Morgan fingerprint density at radius 1 is 1.15 bits per heavy atom. The second-order valence-electron chi connectivity index (χ2n) is 11.7. The molecule has 1 atom stereocenters. The number of carbonyl (C=O) groups excluding carboxylic acids is 1. The van der Waals surface area contributed by atoms with Crippen molar-refractivity contribution in [2.45, 2.75) is 83.0 Å². The second-order valence-corrected chi connectivity index (χ2v) is 17.3. The smallest absolute Gasteiger partial charge is 0.405 e. The van der Waals surface area contributed by atoms with Crippen LogP contribution in [0.5, 0.6) is 11.5 Å². The molecule has 0 bridgehead atoms. The maximum atomic E-state index is 15.2. The summed E-state index contributed by atoms with van der Waals surface area (Å²) >= 11 is 0. The first-order chi connectivity index (χ1) is 19.5. The summed E-state index contributed by atoms with van der Waals surface area (Å²) in [4.78, 5) is 28.5. The zero-order valence-electron chi connectivity index (χ0n) is 23.7. The molecule has 222 valence electrons. The topological polar surface area (TPSA) is 115 Å². The predicted molar refractivity (Wildman–Crippen MR) is 154 cm³/mol. The van der Waals surface area contributed by atoms with E-state index in [4.69, 9.17) is 9.47 Å². The minimum Gasteiger partial charge on any atom is -0.465 e. The molecule has 2 amide bonds. The van der Waals surface area contributed by atoms with Crippen molar-refractivity contribution in [2.75, 3.05) is 6.61 Å². The van der Waals surface area contributed by atoms with Crippen LogP contribution < -0.4 is 15.4 Å². The van der Waals surface area contributed by atoms with E-state index >= 15 is 8.78 Å². The molecule has 0 saturated heterocycles. The number of nitrogens with zero attached hydrogens (tertiary/aromatic N) is 2.